The molecule has 1 aromatic carbocycles. The fraction of sp³-hybridized carbons (Fsp3) is 0.364. The quantitative estimate of drug-likeness (QED) is 0.582. The number of nitrogens with one attached hydrogen (secondary N) is 1. The van der Waals surface area contributed by atoms with Crippen molar-refractivity contribution in [3.8, 4) is 0 Å². The first-order valence-electron chi connectivity index (χ1n) is 9.78. The molecule has 3 heterocycles. The molecule has 0 saturated carbocycles. The Kier molecular flexibility index (Phi) is 7.23. The molecule has 1 fully saturated rings. The number of aryl methyl sites for hydroxylation is 1. The fourth-order valence-corrected chi connectivity index (χ4v) is 3.70. The van der Waals surface area contributed by atoms with Gasteiger partial charge in [-0.3, -0.25) is 4.90 Å². The molecule has 1 aliphatic rings. The van der Waals surface area contributed by atoms with Crippen LogP contribution in [0.5, 0.6) is 0 Å². The number of para-hydroxylation sites is 1. The van der Waals surface area contributed by atoms with Gasteiger partial charge in [-0.1, -0.05) is 24.3 Å². The first kappa shape index (κ1) is 20.6. The monoisotopic (exact) mass is 441 g/mol. The number of fused-ring (bicyclic) bond motifs is 1. The van der Waals surface area contributed by atoms with Gasteiger partial charge in [-0.2, -0.15) is 0 Å². The normalized spacial score (nSPS) is 14.7. The van der Waals surface area contributed by atoms with Gasteiger partial charge in [0.1, 0.15) is 11.6 Å². The van der Waals surface area contributed by atoms with Crippen molar-refractivity contribution in [1.82, 2.24) is 14.9 Å². The Labute approximate surface area is 177 Å². The van der Waals surface area contributed by atoms with E-state index in [1.54, 1.807) is 0 Å². The van der Waals surface area contributed by atoms with Crippen molar-refractivity contribution in [2.75, 3.05) is 49.5 Å². The Morgan fingerprint density at radius 3 is 2.57 bits per heavy atom. The van der Waals surface area contributed by atoms with Crippen LogP contribution in [-0.2, 0) is 0 Å². The molecule has 1 saturated heterocycles. The lowest BCUT2D eigenvalue weighted by molar-refractivity contribution is 0.256. The summed E-state index contributed by atoms with van der Waals surface area (Å²) in [5.74, 6) is 2.07. The molecular weight excluding hydrogens is 414 g/mol. The fourth-order valence-electron chi connectivity index (χ4n) is 3.70. The van der Waals surface area contributed by atoms with E-state index >= 15 is 0 Å². The molecule has 5 nitrogen and oxygen atoms in total. The summed E-state index contributed by atoms with van der Waals surface area (Å²) < 4.78 is 0. The first-order valence-corrected chi connectivity index (χ1v) is 9.78. The molecule has 28 heavy (non-hydrogen) atoms. The van der Waals surface area contributed by atoms with Crippen LogP contribution >= 0.6 is 17.0 Å². The molecule has 0 spiro atoms. The molecule has 2 aromatic heterocycles. The molecule has 1 N–H and O–H groups in total. The van der Waals surface area contributed by atoms with E-state index in [1.165, 1.54) is 10.9 Å². The highest BCUT2D eigenvalue weighted by atomic mass is 79.9. The third kappa shape index (κ3) is 5.00. The summed E-state index contributed by atoms with van der Waals surface area (Å²) in [6.07, 6.45) is 2.99. The van der Waals surface area contributed by atoms with Gasteiger partial charge in [-0.25, -0.2) is 9.97 Å². The minimum absolute atomic E-state index is 0. The number of pyridine rings is 2. The van der Waals surface area contributed by atoms with Crippen molar-refractivity contribution in [2.45, 2.75) is 13.3 Å². The summed E-state index contributed by atoms with van der Waals surface area (Å²) in [4.78, 5) is 14.1. The maximum absolute atomic E-state index is 4.73. The SMILES string of the molecule is Br.Cc1cc(NCCCN2CCN(c3ccccn3)CC2)nc2ccccc12. The number of aromatic nitrogens is 2. The summed E-state index contributed by atoms with van der Waals surface area (Å²) in [5.41, 5.74) is 2.33. The highest BCUT2D eigenvalue weighted by Crippen LogP contribution is 2.19. The molecule has 6 heteroatoms. The summed E-state index contributed by atoms with van der Waals surface area (Å²) in [6.45, 7) is 8.52. The lowest BCUT2D eigenvalue weighted by atomic mass is 10.1. The van der Waals surface area contributed by atoms with Gasteiger partial charge in [0.15, 0.2) is 0 Å². The number of benzene rings is 1. The number of halogens is 1. The third-order valence-electron chi connectivity index (χ3n) is 5.23. The van der Waals surface area contributed by atoms with Gasteiger partial charge >= 0.3 is 0 Å². The van der Waals surface area contributed by atoms with Crippen LogP contribution < -0.4 is 10.2 Å². The molecular formula is C22H28BrN5. The summed E-state index contributed by atoms with van der Waals surface area (Å²) in [6, 6.07) is 16.6. The van der Waals surface area contributed by atoms with Gasteiger partial charge in [0, 0.05) is 44.3 Å². The molecule has 0 atom stereocenters. The highest BCUT2D eigenvalue weighted by Gasteiger charge is 2.17. The molecule has 0 bridgehead atoms. The van der Waals surface area contributed by atoms with E-state index in [4.69, 9.17) is 4.98 Å². The predicted octanol–water partition coefficient (Wildman–Crippen LogP) is 4.14. The predicted molar refractivity (Wildman–Crippen MR) is 123 cm³/mol. The molecule has 148 valence electrons. The van der Waals surface area contributed by atoms with Crippen LogP contribution in [0.3, 0.4) is 0 Å². The van der Waals surface area contributed by atoms with Gasteiger partial charge in [0.05, 0.1) is 5.52 Å². The van der Waals surface area contributed by atoms with Crippen molar-refractivity contribution >= 4 is 39.5 Å². The largest absolute Gasteiger partial charge is 0.370 e. The van der Waals surface area contributed by atoms with Crippen molar-refractivity contribution in [3.63, 3.8) is 0 Å². The second-order valence-electron chi connectivity index (χ2n) is 7.14. The number of hydrogen-bond acceptors (Lipinski definition) is 5. The Balaban J connectivity index is 0.00000225. The van der Waals surface area contributed by atoms with Gasteiger partial charge in [-0.15, -0.1) is 17.0 Å². The van der Waals surface area contributed by atoms with E-state index in [9.17, 15) is 0 Å². The van der Waals surface area contributed by atoms with Crippen molar-refractivity contribution in [2.24, 2.45) is 0 Å². The summed E-state index contributed by atoms with van der Waals surface area (Å²) in [5, 5.41) is 4.72. The van der Waals surface area contributed by atoms with Crippen LogP contribution in [0.25, 0.3) is 10.9 Å². The van der Waals surface area contributed by atoms with E-state index < -0.39 is 0 Å². The number of hydrogen-bond donors (Lipinski definition) is 1. The second kappa shape index (κ2) is 9.85. The molecule has 1 aliphatic heterocycles. The Hall–Kier alpha value is -2.18. The zero-order valence-corrected chi connectivity index (χ0v) is 18.1. The highest BCUT2D eigenvalue weighted by molar-refractivity contribution is 8.93. The van der Waals surface area contributed by atoms with Gasteiger partial charge in [0.25, 0.3) is 0 Å². The van der Waals surface area contributed by atoms with E-state index in [-0.39, 0.29) is 17.0 Å². The maximum atomic E-state index is 4.73. The lowest BCUT2D eigenvalue weighted by Gasteiger charge is -2.35. The third-order valence-corrected chi connectivity index (χ3v) is 5.23. The van der Waals surface area contributed by atoms with E-state index in [0.29, 0.717) is 0 Å². The maximum Gasteiger partial charge on any atom is 0.128 e. The van der Waals surface area contributed by atoms with Crippen LogP contribution in [0.1, 0.15) is 12.0 Å². The number of anilines is 2. The Morgan fingerprint density at radius 1 is 1.00 bits per heavy atom. The smallest absolute Gasteiger partial charge is 0.128 e. The molecule has 4 rings (SSSR count). The second-order valence-corrected chi connectivity index (χ2v) is 7.14. The summed E-state index contributed by atoms with van der Waals surface area (Å²) >= 11 is 0. The van der Waals surface area contributed by atoms with Gasteiger partial charge in [0.2, 0.25) is 0 Å². The Bertz CT molecular complexity index is 878. The zero-order valence-electron chi connectivity index (χ0n) is 16.3. The van der Waals surface area contributed by atoms with Gasteiger partial charge in [-0.05, 0) is 49.7 Å². The average molecular weight is 442 g/mol. The van der Waals surface area contributed by atoms with Crippen LogP contribution in [0.15, 0.2) is 54.7 Å². The van der Waals surface area contributed by atoms with Crippen LogP contribution in [0.2, 0.25) is 0 Å². The van der Waals surface area contributed by atoms with Crippen LogP contribution in [0, 0.1) is 6.92 Å². The Morgan fingerprint density at radius 2 is 1.79 bits per heavy atom. The lowest BCUT2D eigenvalue weighted by Crippen LogP contribution is -2.47. The minimum Gasteiger partial charge on any atom is -0.370 e. The average Bonchev–Trinajstić information content (AvgIpc) is 2.72. The molecule has 0 aliphatic carbocycles. The van der Waals surface area contributed by atoms with Crippen molar-refractivity contribution in [1.29, 1.82) is 0 Å². The number of piperazine rings is 1. The molecule has 0 amide bonds. The van der Waals surface area contributed by atoms with E-state index in [1.807, 2.05) is 18.3 Å². The van der Waals surface area contributed by atoms with Crippen LogP contribution in [0.4, 0.5) is 11.6 Å². The first-order chi connectivity index (χ1) is 13.3. The minimum atomic E-state index is 0. The zero-order chi connectivity index (χ0) is 18.5. The van der Waals surface area contributed by atoms with E-state index in [2.05, 4.69) is 63.4 Å². The molecule has 3 aromatic rings. The van der Waals surface area contributed by atoms with E-state index in [0.717, 1.165) is 62.8 Å². The number of nitrogens with zero attached hydrogens (tertiary/aromatic N) is 4. The topological polar surface area (TPSA) is 44.3 Å². The molecule has 0 unspecified atom stereocenters. The van der Waals surface area contributed by atoms with Gasteiger partial charge < -0.3 is 10.2 Å². The van der Waals surface area contributed by atoms with Crippen molar-refractivity contribution < 1.29 is 0 Å². The summed E-state index contributed by atoms with van der Waals surface area (Å²) in [7, 11) is 0. The standard InChI is InChI=1S/C22H27N5.BrH/c1-18-17-21(25-20-8-3-2-7-19(18)20)23-11-6-12-26-13-15-27(16-14-26)22-9-4-5-10-24-22;/h2-5,7-10,17H,6,11-16H2,1H3,(H,23,25);1H. The van der Waals surface area contributed by atoms with Crippen LogP contribution in [-0.4, -0.2) is 54.1 Å². The van der Waals surface area contributed by atoms with Crippen molar-refractivity contribution in [3.05, 3.63) is 60.3 Å². The molecule has 0 radical (unpaired) electrons. The number of rotatable bonds is 6.